The van der Waals surface area contributed by atoms with Gasteiger partial charge in [0.25, 0.3) is 0 Å². The summed E-state index contributed by atoms with van der Waals surface area (Å²) in [5, 5.41) is 3.63. The third kappa shape index (κ3) is 2.50. The first-order chi connectivity index (χ1) is 6.32. The molecule has 0 aromatic carbocycles. The molecule has 1 nitrogen and oxygen atoms in total. The van der Waals surface area contributed by atoms with Crippen molar-refractivity contribution >= 4 is 0 Å². The Bertz CT molecular complexity index is 190. The fourth-order valence-corrected chi connectivity index (χ4v) is 2.65. The van der Waals surface area contributed by atoms with E-state index in [0.29, 0.717) is 5.41 Å². The van der Waals surface area contributed by atoms with Crippen LogP contribution in [-0.4, -0.2) is 12.1 Å². The monoisotopic (exact) mass is 197 g/mol. The van der Waals surface area contributed by atoms with Gasteiger partial charge < -0.3 is 5.32 Å². The van der Waals surface area contributed by atoms with Crippen molar-refractivity contribution in [1.29, 1.82) is 0 Å². The van der Waals surface area contributed by atoms with E-state index >= 15 is 0 Å². The summed E-state index contributed by atoms with van der Waals surface area (Å²) in [6, 6.07) is 0. The topological polar surface area (TPSA) is 12.0 Å². The Labute approximate surface area is 89.7 Å². The number of nitrogens with one attached hydrogen (secondary N) is 1. The maximum atomic E-state index is 3.63. The molecule has 1 aliphatic carbocycles. The number of hydrogen-bond donors (Lipinski definition) is 1. The van der Waals surface area contributed by atoms with Crippen LogP contribution in [0.2, 0.25) is 0 Å². The highest BCUT2D eigenvalue weighted by Crippen LogP contribution is 2.59. The summed E-state index contributed by atoms with van der Waals surface area (Å²) >= 11 is 0. The van der Waals surface area contributed by atoms with Crippen LogP contribution in [0.3, 0.4) is 0 Å². The summed E-state index contributed by atoms with van der Waals surface area (Å²) < 4.78 is 0. The summed E-state index contributed by atoms with van der Waals surface area (Å²) in [4.78, 5) is 0. The minimum absolute atomic E-state index is 0.277. The molecule has 84 valence electrons. The van der Waals surface area contributed by atoms with E-state index in [1.807, 2.05) is 0 Å². The van der Waals surface area contributed by atoms with Crippen LogP contribution in [0.15, 0.2) is 0 Å². The maximum absolute atomic E-state index is 3.63. The second-order valence-electron chi connectivity index (χ2n) is 6.27. The van der Waals surface area contributed by atoms with Crippen molar-refractivity contribution in [2.45, 2.75) is 59.9 Å². The van der Waals surface area contributed by atoms with Crippen LogP contribution in [-0.2, 0) is 0 Å². The summed E-state index contributed by atoms with van der Waals surface area (Å²) in [5.74, 6) is 1.77. The van der Waals surface area contributed by atoms with Gasteiger partial charge in [0.05, 0.1) is 0 Å². The molecule has 1 heteroatoms. The second-order valence-corrected chi connectivity index (χ2v) is 6.27. The van der Waals surface area contributed by atoms with Gasteiger partial charge in [-0.3, -0.25) is 0 Å². The van der Waals surface area contributed by atoms with Crippen molar-refractivity contribution in [2.75, 3.05) is 6.54 Å². The molecular weight excluding hydrogens is 170 g/mol. The standard InChI is InChI=1S/C13H27N/c1-7-13(10(2)3)8-11(13)9-14-12(4,5)6/h10-11,14H,7-9H2,1-6H3. The molecule has 0 heterocycles. The maximum Gasteiger partial charge on any atom is 0.00966 e. The Morgan fingerprint density at radius 3 is 2.21 bits per heavy atom. The first-order valence-corrected chi connectivity index (χ1v) is 6.07. The zero-order valence-corrected chi connectivity index (χ0v) is 10.8. The molecule has 0 saturated heterocycles. The highest BCUT2D eigenvalue weighted by Gasteiger charge is 2.53. The molecule has 0 aromatic rings. The lowest BCUT2D eigenvalue weighted by Gasteiger charge is -2.24. The van der Waals surface area contributed by atoms with Crippen LogP contribution in [0, 0.1) is 17.3 Å². The van der Waals surface area contributed by atoms with Gasteiger partial charge in [-0.1, -0.05) is 20.8 Å². The predicted octanol–water partition coefficient (Wildman–Crippen LogP) is 3.45. The molecule has 0 bridgehead atoms. The highest BCUT2D eigenvalue weighted by atomic mass is 15.0. The highest BCUT2D eigenvalue weighted by molar-refractivity contribution is 5.04. The van der Waals surface area contributed by atoms with Crippen molar-refractivity contribution in [3.05, 3.63) is 0 Å². The van der Waals surface area contributed by atoms with Crippen LogP contribution in [0.25, 0.3) is 0 Å². The van der Waals surface area contributed by atoms with E-state index < -0.39 is 0 Å². The van der Waals surface area contributed by atoms with Crippen molar-refractivity contribution in [1.82, 2.24) is 5.32 Å². The molecule has 2 atom stereocenters. The Hall–Kier alpha value is -0.0400. The first-order valence-electron chi connectivity index (χ1n) is 6.07. The van der Waals surface area contributed by atoms with Gasteiger partial charge in [-0.05, 0) is 57.4 Å². The molecule has 0 spiro atoms. The fraction of sp³-hybridized carbons (Fsp3) is 1.00. The zero-order valence-electron chi connectivity index (χ0n) is 10.8. The minimum Gasteiger partial charge on any atom is -0.312 e. The summed E-state index contributed by atoms with van der Waals surface area (Å²) in [6.45, 7) is 15.0. The van der Waals surface area contributed by atoms with E-state index in [1.165, 1.54) is 19.4 Å². The van der Waals surface area contributed by atoms with Gasteiger partial charge >= 0.3 is 0 Å². The van der Waals surface area contributed by atoms with Crippen molar-refractivity contribution in [2.24, 2.45) is 17.3 Å². The second kappa shape index (κ2) is 3.84. The summed E-state index contributed by atoms with van der Waals surface area (Å²) in [5.41, 5.74) is 0.942. The summed E-state index contributed by atoms with van der Waals surface area (Å²) in [7, 11) is 0. The Morgan fingerprint density at radius 1 is 1.36 bits per heavy atom. The van der Waals surface area contributed by atoms with E-state index in [4.69, 9.17) is 0 Å². The smallest absolute Gasteiger partial charge is 0.00966 e. The molecule has 0 aromatic heterocycles. The van der Waals surface area contributed by atoms with Gasteiger partial charge in [0.15, 0.2) is 0 Å². The van der Waals surface area contributed by atoms with Crippen molar-refractivity contribution in [3.63, 3.8) is 0 Å². The predicted molar refractivity (Wildman–Crippen MR) is 63.4 cm³/mol. The minimum atomic E-state index is 0.277. The summed E-state index contributed by atoms with van der Waals surface area (Å²) in [6.07, 6.45) is 2.78. The number of rotatable bonds is 4. The van der Waals surface area contributed by atoms with Crippen LogP contribution < -0.4 is 5.32 Å². The lowest BCUT2D eigenvalue weighted by Crippen LogP contribution is -2.38. The molecule has 0 amide bonds. The average Bonchev–Trinajstić information content (AvgIpc) is 2.74. The Balaban J connectivity index is 2.37. The zero-order chi connectivity index (χ0) is 11.0. The normalized spacial score (nSPS) is 32.4. The first kappa shape index (κ1) is 12.0. The molecule has 0 aliphatic heterocycles. The van der Waals surface area contributed by atoms with Gasteiger partial charge in [-0.2, -0.15) is 0 Å². The molecule has 1 N–H and O–H groups in total. The van der Waals surface area contributed by atoms with E-state index in [0.717, 1.165) is 11.8 Å². The van der Waals surface area contributed by atoms with Gasteiger partial charge in [0, 0.05) is 5.54 Å². The molecule has 14 heavy (non-hydrogen) atoms. The van der Waals surface area contributed by atoms with E-state index in [-0.39, 0.29) is 5.54 Å². The molecule has 2 unspecified atom stereocenters. The molecule has 1 saturated carbocycles. The Morgan fingerprint density at radius 2 is 1.93 bits per heavy atom. The Kier molecular flexibility index (Phi) is 3.30. The molecule has 1 aliphatic rings. The van der Waals surface area contributed by atoms with Crippen LogP contribution in [0.1, 0.15) is 54.4 Å². The largest absolute Gasteiger partial charge is 0.312 e. The van der Waals surface area contributed by atoms with E-state index in [2.05, 4.69) is 46.9 Å². The van der Waals surface area contributed by atoms with Gasteiger partial charge in [-0.15, -0.1) is 0 Å². The molecular formula is C13H27N. The SMILES string of the molecule is CCC1(C(C)C)CC1CNC(C)(C)C. The van der Waals surface area contributed by atoms with Crippen molar-refractivity contribution < 1.29 is 0 Å². The van der Waals surface area contributed by atoms with Crippen LogP contribution in [0.4, 0.5) is 0 Å². The molecule has 1 rings (SSSR count). The lowest BCUT2D eigenvalue weighted by atomic mass is 9.87. The van der Waals surface area contributed by atoms with E-state index in [1.54, 1.807) is 0 Å². The van der Waals surface area contributed by atoms with Gasteiger partial charge in [0.1, 0.15) is 0 Å². The van der Waals surface area contributed by atoms with Crippen LogP contribution in [0.5, 0.6) is 0 Å². The number of hydrogen-bond acceptors (Lipinski definition) is 1. The van der Waals surface area contributed by atoms with Crippen LogP contribution >= 0.6 is 0 Å². The third-order valence-electron chi connectivity index (χ3n) is 3.97. The quantitative estimate of drug-likeness (QED) is 0.728. The van der Waals surface area contributed by atoms with Gasteiger partial charge in [0.2, 0.25) is 0 Å². The average molecular weight is 197 g/mol. The molecule has 1 fully saturated rings. The van der Waals surface area contributed by atoms with Gasteiger partial charge in [-0.25, -0.2) is 0 Å². The third-order valence-corrected chi connectivity index (χ3v) is 3.97. The van der Waals surface area contributed by atoms with E-state index in [9.17, 15) is 0 Å². The fourth-order valence-electron chi connectivity index (χ4n) is 2.65. The molecule has 0 radical (unpaired) electrons. The van der Waals surface area contributed by atoms with Crippen molar-refractivity contribution in [3.8, 4) is 0 Å². The lowest BCUT2D eigenvalue weighted by molar-refractivity contribution is 0.295.